The van der Waals surface area contributed by atoms with E-state index in [1.807, 2.05) is 0 Å². The first-order chi connectivity index (χ1) is 11.7. The van der Waals surface area contributed by atoms with Gasteiger partial charge in [0.1, 0.15) is 11.3 Å². The maximum atomic E-state index is 5.37. The van der Waals surface area contributed by atoms with E-state index in [-0.39, 0.29) is 0 Å². The first-order valence-corrected chi connectivity index (χ1v) is 8.91. The molecule has 2 aromatic carbocycles. The lowest BCUT2D eigenvalue weighted by atomic mass is 10.0. The van der Waals surface area contributed by atoms with Crippen molar-refractivity contribution in [2.75, 3.05) is 13.7 Å². The fourth-order valence-electron chi connectivity index (χ4n) is 3.35. The fourth-order valence-corrected chi connectivity index (χ4v) is 3.84. The number of methoxy groups -OCH3 is 1. The molecule has 0 fully saturated rings. The number of ether oxygens (including phenoxy) is 1. The second-order valence-electron chi connectivity index (χ2n) is 6.33. The number of aromatic nitrogens is 2. The molecule has 1 aromatic heterocycles. The molecule has 1 aliphatic heterocycles. The van der Waals surface area contributed by atoms with Crippen molar-refractivity contribution >= 4 is 22.8 Å². The predicted octanol–water partition coefficient (Wildman–Crippen LogP) is 3.29. The Kier molecular flexibility index (Phi) is 4.09. The summed E-state index contributed by atoms with van der Waals surface area (Å²) in [5, 5.41) is 0. The van der Waals surface area contributed by atoms with E-state index in [0.29, 0.717) is 6.04 Å². The zero-order valence-electron chi connectivity index (χ0n) is 13.9. The van der Waals surface area contributed by atoms with Gasteiger partial charge in [-0.15, -0.1) is 0 Å². The van der Waals surface area contributed by atoms with E-state index in [2.05, 4.69) is 57.0 Å². The molecule has 0 saturated carbocycles. The second-order valence-corrected chi connectivity index (χ2v) is 6.85. The summed E-state index contributed by atoms with van der Waals surface area (Å²) in [7, 11) is 1.73. The van der Waals surface area contributed by atoms with E-state index in [1.165, 1.54) is 22.9 Å². The summed E-state index contributed by atoms with van der Waals surface area (Å²) in [6.45, 7) is 4.20. The molecule has 0 saturated heterocycles. The third-order valence-electron chi connectivity index (χ3n) is 4.76. The van der Waals surface area contributed by atoms with Gasteiger partial charge in [-0.05, 0) is 55.2 Å². The summed E-state index contributed by atoms with van der Waals surface area (Å²) >= 11 is 1.23. The summed E-state index contributed by atoms with van der Waals surface area (Å²) in [5.74, 6) is 0.944. The quantitative estimate of drug-likeness (QED) is 0.735. The van der Waals surface area contributed by atoms with Crippen LogP contribution in [0.1, 0.15) is 23.6 Å². The van der Waals surface area contributed by atoms with Crippen LogP contribution in [-0.2, 0) is 19.4 Å². The van der Waals surface area contributed by atoms with E-state index in [9.17, 15) is 0 Å². The summed E-state index contributed by atoms with van der Waals surface area (Å²) in [6.07, 6.45) is 2.10. The van der Waals surface area contributed by atoms with Crippen molar-refractivity contribution in [1.82, 2.24) is 13.6 Å². The highest BCUT2D eigenvalue weighted by atomic mass is 32.1. The molecule has 1 unspecified atom stereocenters. The number of benzene rings is 1. The van der Waals surface area contributed by atoms with Gasteiger partial charge in [-0.25, -0.2) is 0 Å². The molecule has 1 atom stereocenters. The Morgan fingerprint density at radius 2 is 2.17 bits per heavy atom. The molecule has 2 heterocycles. The highest BCUT2D eigenvalue weighted by molar-refractivity contribution is 7.00. The number of fused-ring (bicyclic) bond motifs is 2. The minimum Gasteiger partial charge on any atom is -0.497 e. The molecule has 4 nitrogen and oxygen atoms in total. The van der Waals surface area contributed by atoms with Crippen LogP contribution < -0.4 is 4.74 Å². The molecule has 0 radical (unpaired) electrons. The van der Waals surface area contributed by atoms with Gasteiger partial charge in [0.2, 0.25) is 0 Å². The molecule has 5 heteroatoms. The predicted molar refractivity (Wildman–Crippen MR) is 95.4 cm³/mol. The lowest BCUT2D eigenvalue weighted by molar-refractivity contribution is 0.208. The summed E-state index contributed by atoms with van der Waals surface area (Å²) in [4.78, 5) is 2.51. The summed E-state index contributed by atoms with van der Waals surface area (Å²) in [5.41, 5.74) is 5.70. The van der Waals surface area contributed by atoms with Crippen molar-refractivity contribution in [2.24, 2.45) is 0 Å². The van der Waals surface area contributed by atoms with Crippen molar-refractivity contribution in [3.05, 3.63) is 53.1 Å². The highest BCUT2D eigenvalue weighted by Crippen LogP contribution is 2.25. The fraction of sp³-hybridized carbons (Fsp3) is 0.368. The molecule has 4 rings (SSSR count). The molecule has 0 aliphatic carbocycles. The van der Waals surface area contributed by atoms with Crippen molar-refractivity contribution < 1.29 is 4.74 Å². The third-order valence-corrected chi connectivity index (χ3v) is 5.30. The Morgan fingerprint density at radius 1 is 1.25 bits per heavy atom. The summed E-state index contributed by atoms with van der Waals surface area (Å²) in [6, 6.07) is 15.4. The van der Waals surface area contributed by atoms with Crippen LogP contribution >= 0.6 is 11.7 Å². The maximum Gasteiger partial charge on any atom is 0.154 e. The van der Waals surface area contributed by atoms with Crippen LogP contribution in [0.3, 0.4) is 0 Å². The summed E-state index contributed by atoms with van der Waals surface area (Å²) < 4.78 is 13.9. The molecule has 0 amide bonds. The average molecular weight is 337 g/mol. The first-order valence-electron chi connectivity index (χ1n) is 8.18. The number of nitrogens with zero attached hydrogens (tertiary/aromatic N) is 3. The minimum atomic E-state index is 0.484. The van der Waals surface area contributed by atoms with E-state index < -0.39 is 0 Å². The Balaban J connectivity index is 1.54. The van der Waals surface area contributed by atoms with E-state index in [1.54, 1.807) is 7.11 Å². The van der Waals surface area contributed by atoms with Gasteiger partial charge >= 0.3 is 0 Å². The number of hydrogen-bond acceptors (Lipinski definition) is 5. The molecular formula is C19H19N3OS. The van der Waals surface area contributed by atoms with Crippen LogP contribution in [0.25, 0.3) is 11.0 Å². The van der Waals surface area contributed by atoms with Gasteiger partial charge in [0, 0.05) is 24.7 Å². The van der Waals surface area contributed by atoms with Crippen LogP contribution in [-0.4, -0.2) is 33.3 Å². The zero-order chi connectivity index (χ0) is 16.5. The maximum absolute atomic E-state index is 5.37. The largest absolute Gasteiger partial charge is 0.497 e. The molecule has 3 aromatic rings. The molecule has 1 aliphatic rings. The number of rotatable bonds is 3. The smallest absolute Gasteiger partial charge is 0.154 e. The second kappa shape index (κ2) is 6.39. The Labute approximate surface area is 146 Å². The van der Waals surface area contributed by atoms with Crippen molar-refractivity contribution in [3.63, 3.8) is 0 Å². The van der Waals surface area contributed by atoms with Crippen LogP contribution in [0.2, 0.25) is 0 Å². The van der Waals surface area contributed by atoms with Gasteiger partial charge in [-0.3, -0.25) is 4.90 Å². The number of hydrogen-bond donors (Lipinski definition) is 0. The molecule has 24 heavy (non-hydrogen) atoms. The van der Waals surface area contributed by atoms with Crippen molar-refractivity contribution in [1.29, 1.82) is 0 Å². The average Bonchev–Trinajstić information content (AvgIpc) is 3.01. The molecule has 122 valence electrons. The van der Waals surface area contributed by atoms with Crippen molar-refractivity contribution in [3.8, 4) is 5.75 Å². The van der Waals surface area contributed by atoms with Gasteiger partial charge in [-0.2, -0.15) is 8.75 Å². The SMILES string of the molecule is COc1ccc2c(c1)CCN(Cc1c#cc3nsnc3c1)C(C)C2. The lowest BCUT2D eigenvalue weighted by Gasteiger charge is -2.26. The first kappa shape index (κ1) is 15.4. The Morgan fingerprint density at radius 3 is 3.04 bits per heavy atom. The monoisotopic (exact) mass is 337 g/mol. The van der Waals surface area contributed by atoms with Crippen LogP contribution in [0.4, 0.5) is 0 Å². The van der Waals surface area contributed by atoms with Crippen LogP contribution in [0, 0.1) is 12.1 Å². The molecule has 0 bridgehead atoms. The Hall–Kier alpha value is -2.16. The normalized spacial score (nSPS) is 18.0. The van der Waals surface area contributed by atoms with Gasteiger partial charge in [0.25, 0.3) is 0 Å². The van der Waals surface area contributed by atoms with E-state index in [4.69, 9.17) is 4.74 Å². The van der Waals surface area contributed by atoms with E-state index in [0.717, 1.165) is 48.3 Å². The standard InChI is InChI=1S/C19H19N3OS/c1-13-9-15-4-5-17(23-2)11-16(15)7-8-22(13)12-14-3-6-18-19(10-14)21-24-20-18/h4-5,10-11,13H,7-9,12H2,1-2H3. The van der Waals surface area contributed by atoms with Crippen LogP contribution in [0.5, 0.6) is 5.75 Å². The molecular weight excluding hydrogens is 318 g/mol. The van der Waals surface area contributed by atoms with Crippen LogP contribution in [0.15, 0.2) is 24.3 Å². The van der Waals surface area contributed by atoms with Gasteiger partial charge in [0.05, 0.1) is 18.8 Å². The highest BCUT2D eigenvalue weighted by Gasteiger charge is 2.21. The topological polar surface area (TPSA) is 38.2 Å². The lowest BCUT2D eigenvalue weighted by Crippen LogP contribution is -2.33. The van der Waals surface area contributed by atoms with Gasteiger partial charge in [-0.1, -0.05) is 12.1 Å². The van der Waals surface area contributed by atoms with Gasteiger partial charge < -0.3 is 4.74 Å². The minimum absolute atomic E-state index is 0.484. The molecule has 0 N–H and O–H groups in total. The molecule has 0 spiro atoms. The van der Waals surface area contributed by atoms with Gasteiger partial charge in [0.15, 0.2) is 5.52 Å². The van der Waals surface area contributed by atoms with Crippen molar-refractivity contribution in [2.45, 2.75) is 32.4 Å². The van der Waals surface area contributed by atoms with E-state index >= 15 is 0 Å². The zero-order valence-corrected chi connectivity index (χ0v) is 14.7. The third kappa shape index (κ3) is 2.95. The Bertz CT molecular complexity index is 861.